The highest BCUT2D eigenvalue weighted by molar-refractivity contribution is 6.30. The molecular formula is C16H21ClFN5O2. The number of carbonyl (C=O) groups is 1. The number of ether oxygens (including phenoxy) is 1. The van der Waals surface area contributed by atoms with E-state index in [4.69, 9.17) is 27.3 Å². The van der Waals surface area contributed by atoms with Gasteiger partial charge >= 0.3 is 6.09 Å². The second-order valence-electron chi connectivity index (χ2n) is 6.95. The molecule has 0 aliphatic heterocycles. The fraction of sp³-hybridized carbons (Fsp3) is 0.562. The number of nitriles is 1. The van der Waals surface area contributed by atoms with Crippen LogP contribution in [-0.4, -0.2) is 28.9 Å². The van der Waals surface area contributed by atoms with E-state index in [0.717, 1.165) is 18.9 Å². The summed E-state index contributed by atoms with van der Waals surface area (Å²) in [5, 5.41) is 14.2. The van der Waals surface area contributed by atoms with Crippen LogP contribution in [0.25, 0.3) is 0 Å². The molecule has 0 spiro atoms. The molecule has 1 aromatic rings. The molecule has 2 atom stereocenters. The summed E-state index contributed by atoms with van der Waals surface area (Å²) in [4.78, 5) is 15.8. The van der Waals surface area contributed by atoms with Crippen molar-refractivity contribution in [2.45, 2.75) is 51.4 Å². The molecule has 0 saturated heterocycles. The average Bonchev–Trinajstić information content (AvgIpc) is 3.29. The van der Waals surface area contributed by atoms with Crippen molar-refractivity contribution >= 4 is 23.5 Å². The van der Waals surface area contributed by atoms with Gasteiger partial charge in [-0.3, -0.25) is 0 Å². The van der Waals surface area contributed by atoms with Gasteiger partial charge in [-0.1, -0.05) is 11.6 Å². The summed E-state index contributed by atoms with van der Waals surface area (Å²) in [6.07, 6.45) is 0.330. The van der Waals surface area contributed by atoms with Gasteiger partial charge in [0.1, 0.15) is 23.0 Å². The van der Waals surface area contributed by atoms with Crippen molar-refractivity contribution in [3.8, 4) is 6.07 Å². The summed E-state index contributed by atoms with van der Waals surface area (Å²) in [7, 11) is 0. The number of amides is 1. The zero-order valence-electron chi connectivity index (χ0n) is 14.3. The van der Waals surface area contributed by atoms with Crippen LogP contribution >= 0.6 is 11.6 Å². The van der Waals surface area contributed by atoms with Crippen molar-refractivity contribution in [2.75, 3.05) is 5.32 Å². The summed E-state index contributed by atoms with van der Waals surface area (Å²) >= 11 is 5.86. The number of rotatable bonds is 5. The molecule has 1 aliphatic carbocycles. The topological polar surface area (TPSA) is 113 Å². The average molecular weight is 370 g/mol. The number of anilines is 1. The Bertz CT molecular complexity index is 697. The van der Waals surface area contributed by atoms with Crippen molar-refractivity contribution in [3.63, 3.8) is 0 Å². The summed E-state index contributed by atoms with van der Waals surface area (Å²) in [5.41, 5.74) is 5.36. The number of pyridine rings is 1. The third-order valence-corrected chi connectivity index (χ3v) is 3.84. The summed E-state index contributed by atoms with van der Waals surface area (Å²) in [6, 6.07) is 2.32. The number of nitrogens with one attached hydrogen (secondary N) is 2. The number of aromatic nitrogens is 1. The predicted octanol–water partition coefficient (Wildman–Crippen LogP) is 2.75. The van der Waals surface area contributed by atoms with E-state index in [0.29, 0.717) is 0 Å². The highest BCUT2D eigenvalue weighted by Gasteiger charge is 2.37. The molecule has 9 heteroatoms. The van der Waals surface area contributed by atoms with Crippen LogP contribution in [0.1, 0.15) is 39.2 Å². The molecule has 4 N–H and O–H groups in total. The number of nitrogens with two attached hydrogens (primary N) is 1. The van der Waals surface area contributed by atoms with E-state index in [2.05, 4.69) is 15.6 Å². The van der Waals surface area contributed by atoms with Crippen LogP contribution in [0.2, 0.25) is 5.15 Å². The summed E-state index contributed by atoms with van der Waals surface area (Å²) in [5.74, 6) is -0.654. The SMILES string of the molecule is CC(C)(C)OC(=O)N[C@@H](N)[C@H](Nc1nc(Cl)c(C#N)cc1F)C1CC1. The van der Waals surface area contributed by atoms with E-state index in [1.165, 1.54) is 0 Å². The highest BCUT2D eigenvalue weighted by Crippen LogP contribution is 2.35. The van der Waals surface area contributed by atoms with Gasteiger partial charge in [0, 0.05) is 0 Å². The maximum Gasteiger partial charge on any atom is 0.408 e. The molecule has 2 rings (SSSR count). The normalized spacial score (nSPS) is 16.5. The standard InChI is InChI=1S/C16H21ClFN5O2/c1-16(2,3)25-15(24)23-13(20)11(8-4-5-8)21-14-10(18)6-9(7-19)12(17)22-14/h6,8,11,13H,4-5,20H2,1-3H3,(H,21,22)(H,23,24)/t11-,13-/m1/s1. The Morgan fingerprint density at radius 2 is 2.20 bits per heavy atom. The van der Waals surface area contributed by atoms with Crippen LogP contribution in [0.5, 0.6) is 0 Å². The molecule has 1 amide bonds. The fourth-order valence-electron chi connectivity index (χ4n) is 2.29. The van der Waals surface area contributed by atoms with E-state index < -0.39 is 29.7 Å². The molecule has 0 aromatic carbocycles. The molecule has 1 aliphatic rings. The van der Waals surface area contributed by atoms with Gasteiger partial charge in [-0.2, -0.15) is 5.26 Å². The van der Waals surface area contributed by atoms with Crippen molar-refractivity contribution in [2.24, 2.45) is 11.7 Å². The Morgan fingerprint density at radius 1 is 1.56 bits per heavy atom. The van der Waals surface area contributed by atoms with Gasteiger partial charge < -0.3 is 21.1 Å². The van der Waals surface area contributed by atoms with E-state index in [-0.39, 0.29) is 22.5 Å². The summed E-state index contributed by atoms with van der Waals surface area (Å²) < 4.78 is 19.3. The van der Waals surface area contributed by atoms with Gasteiger partial charge in [-0.25, -0.2) is 14.2 Å². The number of halogens is 2. The molecule has 1 aromatic heterocycles. The first-order chi connectivity index (χ1) is 11.6. The molecule has 7 nitrogen and oxygen atoms in total. The molecule has 0 radical (unpaired) electrons. The van der Waals surface area contributed by atoms with Crippen LogP contribution in [0, 0.1) is 23.1 Å². The number of nitrogens with zero attached hydrogens (tertiary/aromatic N) is 2. The lowest BCUT2D eigenvalue weighted by Crippen LogP contribution is -2.54. The molecule has 136 valence electrons. The van der Waals surface area contributed by atoms with E-state index in [9.17, 15) is 9.18 Å². The molecular weight excluding hydrogens is 349 g/mol. The van der Waals surface area contributed by atoms with Crippen molar-refractivity contribution in [3.05, 3.63) is 22.6 Å². The van der Waals surface area contributed by atoms with Gasteiger partial charge in [0.2, 0.25) is 0 Å². The molecule has 25 heavy (non-hydrogen) atoms. The van der Waals surface area contributed by atoms with E-state index in [1.807, 2.05) is 0 Å². The monoisotopic (exact) mass is 369 g/mol. The number of carbonyl (C=O) groups excluding carboxylic acids is 1. The lowest BCUT2D eigenvalue weighted by Gasteiger charge is -2.28. The van der Waals surface area contributed by atoms with Crippen molar-refractivity contribution < 1.29 is 13.9 Å². The largest absolute Gasteiger partial charge is 0.444 e. The van der Waals surface area contributed by atoms with E-state index in [1.54, 1.807) is 26.8 Å². The number of alkyl carbamates (subject to hydrolysis) is 1. The third kappa shape index (κ3) is 5.44. The minimum Gasteiger partial charge on any atom is -0.444 e. The minimum atomic E-state index is -0.807. The Labute approximate surface area is 150 Å². The Kier molecular flexibility index (Phi) is 5.70. The van der Waals surface area contributed by atoms with Crippen LogP contribution in [0.15, 0.2) is 6.07 Å². The number of hydrogen-bond acceptors (Lipinski definition) is 6. The second kappa shape index (κ2) is 7.42. The maximum atomic E-state index is 14.1. The van der Waals surface area contributed by atoms with E-state index >= 15 is 0 Å². The highest BCUT2D eigenvalue weighted by atomic mass is 35.5. The third-order valence-electron chi connectivity index (χ3n) is 3.55. The van der Waals surface area contributed by atoms with Gasteiger partial charge in [0.15, 0.2) is 11.6 Å². The predicted molar refractivity (Wildman–Crippen MR) is 91.4 cm³/mol. The smallest absolute Gasteiger partial charge is 0.408 e. The Balaban J connectivity index is 2.10. The Hall–Kier alpha value is -2.11. The fourth-order valence-corrected chi connectivity index (χ4v) is 2.47. The first kappa shape index (κ1) is 19.2. The van der Waals surface area contributed by atoms with Crippen LogP contribution in [-0.2, 0) is 4.74 Å². The van der Waals surface area contributed by atoms with Crippen LogP contribution in [0.4, 0.5) is 15.0 Å². The summed E-state index contributed by atoms with van der Waals surface area (Å²) in [6.45, 7) is 5.23. The maximum absolute atomic E-state index is 14.1. The first-order valence-corrected chi connectivity index (χ1v) is 8.26. The first-order valence-electron chi connectivity index (χ1n) is 7.88. The number of hydrogen-bond donors (Lipinski definition) is 3. The van der Waals surface area contributed by atoms with Crippen molar-refractivity contribution in [1.82, 2.24) is 10.3 Å². The lowest BCUT2D eigenvalue weighted by molar-refractivity contribution is 0.0498. The van der Waals surface area contributed by atoms with Crippen LogP contribution in [0.3, 0.4) is 0 Å². The van der Waals surface area contributed by atoms with Gasteiger partial charge in [-0.05, 0) is 45.6 Å². The van der Waals surface area contributed by atoms with Gasteiger partial charge in [0.05, 0.1) is 11.6 Å². The van der Waals surface area contributed by atoms with Crippen molar-refractivity contribution in [1.29, 1.82) is 5.26 Å². The molecule has 1 heterocycles. The van der Waals surface area contributed by atoms with Gasteiger partial charge in [0.25, 0.3) is 0 Å². The van der Waals surface area contributed by atoms with Crippen LogP contribution < -0.4 is 16.4 Å². The molecule has 1 saturated carbocycles. The molecule has 0 unspecified atom stereocenters. The molecule has 0 bridgehead atoms. The lowest BCUT2D eigenvalue weighted by atomic mass is 10.1. The Morgan fingerprint density at radius 3 is 2.72 bits per heavy atom. The molecule has 1 fully saturated rings. The van der Waals surface area contributed by atoms with Gasteiger partial charge in [-0.15, -0.1) is 0 Å². The quantitative estimate of drug-likeness (QED) is 0.543. The zero-order chi connectivity index (χ0) is 18.8. The second-order valence-corrected chi connectivity index (χ2v) is 7.31. The zero-order valence-corrected chi connectivity index (χ0v) is 15.0. The minimum absolute atomic E-state index is 0.0520.